The van der Waals surface area contributed by atoms with Crippen molar-refractivity contribution in [2.24, 2.45) is 0 Å². The maximum Gasteiger partial charge on any atom is 0.319 e. The average Bonchev–Trinajstić information content (AvgIpc) is 2.44. The Morgan fingerprint density at radius 2 is 2.10 bits per heavy atom. The summed E-state index contributed by atoms with van der Waals surface area (Å²) in [6.45, 7) is 4.24. The Balaban J connectivity index is 2.48. The van der Waals surface area contributed by atoms with E-state index in [-0.39, 0.29) is 11.9 Å². The van der Waals surface area contributed by atoms with Crippen LogP contribution in [0.15, 0.2) is 29.2 Å². The summed E-state index contributed by atoms with van der Waals surface area (Å²) >= 11 is 1.60. The first kappa shape index (κ1) is 16.4. The van der Waals surface area contributed by atoms with E-state index in [0.29, 0.717) is 12.2 Å². The van der Waals surface area contributed by atoms with Crippen LogP contribution < -0.4 is 16.0 Å². The van der Waals surface area contributed by atoms with Crippen molar-refractivity contribution in [2.75, 3.05) is 18.1 Å². The third-order valence-corrected chi connectivity index (χ3v) is 3.34. The van der Waals surface area contributed by atoms with E-state index in [2.05, 4.69) is 16.0 Å². The van der Waals surface area contributed by atoms with Crippen molar-refractivity contribution in [1.82, 2.24) is 10.6 Å². The van der Waals surface area contributed by atoms with Gasteiger partial charge in [0.1, 0.15) is 6.04 Å². The molecule has 0 aliphatic carbocycles. The van der Waals surface area contributed by atoms with Gasteiger partial charge in [-0.2, -0.15) is 0 Å². The van der Waals surface area contributed by atoms with E-state index in [1.165, 1.54) is 0 Å². The quantitative estimate of drug-likeness (QED) is 0.706. The third kappa shape index (κ3) is 5.52. The SMILES string of the molecule is CCCNC(=O)C(C)NC(=O)Nc1cccc(SC)c1. The number of urea groups is 1. The molecule has 0 saturated carbocycles. The highest BCUT2D eigenvalue weighted by Gasteiger charge is 2.14. The zero-order chi connectivity index (χ0) is 15.0. The number of hydrogen-bond donors (Lipinski definition) is 3. The van der Waals surface area contributed by atoms with Gasteiger partial charge in [-0.25, -0.2) is 4.79 Å². The van der Waals surface area contributed by atoms with Gasteiger partial charge in [-0.15, -0.1) is 11.8 Å². The van der Waals surface area contributed by atoms with Crippen molar-refractivity contribution < 1.29 is 9.59 Å². The monoisotopic (exact) mass is 295 g/mol. The summed E-state index contributed by atoms with van der Waals surface area (Å²) in [5.41, 5.74) is 0.704. The van der Waals surface area contributed by atoms with E-state index in [0.717, 1.165) is 11.3 Å². The van der Waals surface area contributed by atoms with Crippen LogP contribution in [-0.2, 0) is 4.79 Å². The smallest absolute Gasteiger partial charge is 0.319 e. The van der Waals surface area contributed by atoms with Crippen LogP contribution in [-0.4, -0.2) is 30.8 Å². The van der Waals surface area contributed by atoms with Crippen molar-refractivity contribution >= 4 is 29.4 Å². The Hall–Kier alpha value is -1.69. The molecular formula is C14H21N3O2S. The molecule has 20 heavy (non-hydrogen) atoms. The number of amides is 3. The standard InChI is InChI=1S/C14H21N3O2S/c1-4-8-15-13(18)10(2)16-14(19)17-11-6-5-7-12(9-11)20-3/h5-7,9-10H,4,8H2,1-3H3,(H,15,18)(H2,16,17,19). The average molecular weight is 295 g/mol. The molecule has 1 aromatic rings. The largest absolute Gasteiger partial charge is 0.354 e. The van der Waals surface area contributed by atoms with Gasteiger partial charge < -0.3 is 16.0 Å². The highest BCUT2D eigenvalue weighted by Crippen LogP contribution is 2.18. The molecule has 0 saturated heterocycles. The third-order valence-electron chi connectivity index (χ3n) is 2.62. The fourth-order valence-corrected chi connectivity index (χ4v) is 1.99. The van der Waals surface area contributed by atoms with Crippen LogP contribution in [0.25, 0.3) is 0 Å². The molecule has 5 nitrogen and oxygen atoms in total. The van der Waals surface area contributed by atoms with Gasteiger partial charge >= 0.3 is 6.03 Å². The molecule has 1 unspecified atom stereocenters. The van der Waals surface area contributed by atoms with Crippen LogP contribution in [0.1, 0.15) is 20.3 Å². The van der Waals surface area contributed by atoms with E-state index >= 15 is 0 Å². The number of rotatable bonds is 6. The van der Waals surface area contributed by atoms with Crippen LogP contribution in [0.4, 0.5) is 10.5 Å². The summed E-state index contributed by atoms with van der Waals surface area (Å²) < 4.78 is 0. The van der Waals surface area contributed by atoms with Gasteiger partial charge in [-0.3, -0.25) is 4.79 Å². The predicted octanol–water partition coefficient (Wildman–Crippen LogP) is 2.44. The molecule has 0 heterocycles. The number of anilines is 1. The maximum absolute atomic E-state index is 11.8. The van der Waals surface area contributed by atoms with Crippen LogP contribution in [0.5, 0.6) is 0 Å². The van der Waals surface area contributed by atoms with E-state index < -0.39 is 6.04 Å². The van der Waals surface area contributed by atoms with Crippen LogP contribution in [0.2, 0.25) is 0 Å². The van der Waals surface area contributed by atoms with Crippen molar-refractivity contribution in [2.45, 2.75) is 31.2 Å². The summed E-state index contributed by atoms with van der Waals surface area (Å²) in [4.78, 5) is 24.5. The van der Waals surface area contributed by atoms with Gasteiger partial charge in [0.15, 0.2) is 0 Å². The summed E-state index contributed by atoms with van der Waals surface area (Å²) in [5.74, 6) is -0.181. The molecule has 1 rings (SSSR count). The van der Waals surface area contributed by atoms with Gasteiger partial charge in [0.2, 0.25) is 5.91 Å². The first-order valence-corrected chi connectivity index (χ1v) is 7.78. The van der Waals surface area contributed by atoms with Crippen LogP contribution >= 0.6 is 11.8 Å². The number of carbonyl (C=O) groups excluding carboxylic acids is 2. The van der Waals surface area contributed by atoms with Crippen molar-refractivity contribution in [3.8, 4) is 0 Å². The molecule has 6 heteroatoms. The molecule has 1 atom stereocenters. The number of benzene rings is 1. The summed E-state index contributed by atoms with van der Waals surface area (Å²) in [6, 6.07) is 6.58. The molecule has 0 aromatic heterocycles. The molecule has 0 bridgehead atoms. The van der Waals surface area contributed by atoms with Gasteiger partial charge in [0.05, 0.1) is 0 Å². The van der Waals surface area contributed by atoms with E-state index in [1.54, 1.807) is 24.8 Å². The van der Waals surface area contributed by atoms with E-state index in [4.69, 9.17) is 0 Å². The fraction of sp³-hybridized carbons (Fsp3) is 0.429. The predicted molar refractivity (Wildman–Crippen MR) is 83.1 cm³/mol. The molecular weight excluding hydrogens is 274 g/mol. The summed E-state index contributed by atoms with van der Waals surface area (Å²) in [5, 5.41) is 8.06. The molecule has 0 fully saturated rings. The number of nitrogens with one attached hydrogen (secondary N) is 3. The number of hydrogen-bond acceptors (Lipinski definition) is 3. The number of carbonyl (C=O) groups is 2. The van der Waals surface area contributed by atoms with Gasteiger partial charge in [-0.05, 0) is 37.8 Å². The van der Waals surface area contributed by atoms with Crippen molar-refractivity contribution in [3.05, 3.63) is 24.3 Å². The highest BCUT2D eigenvalue weighted by molar-refractivity contribution is 7.98. The maximum atomic E-state index is 11.8. The zero-order valence-corrected chi connectivity index (χ0v) is 12.8. The van der Waals surface area contributed by atoms with Crippen LogP contribution in [0, 0.1) is 0 Å². The second kappa shape index (κ2) is 8.47. The molecule has 0 spiro atoms. The lowest BCUT2D eigenvalue weighted by atomic mass is 10.3. The lowest BCUT2D eigenvalue weighted by molar-refractivity contribution is -0.122. The first-order valence-electron chi connectivity index (χ1n) is 6.56. The van der Waals surface area contributed by atoms with Gasteiger partial charge in [0.25, 0.3) is 0 Å². The lowest BCUT2D eigenvalue weighted by Gasteiger charge is -2.14. The first-order chi connectivity index (χ1) is 9.56. The topological polar surface area (TPSA) is 70.2 Å². The normalized spacial score (nSPS) is 11.6. The van der Waals surface area contributed by atoms with Crippen molar-refractivity contribution in [3.63, 3.8) is 0 Å². The van der Waals surface area contributed by atoms with E-state index in [9.17, 15) is 9.59 Å². The van der Waals surface area contributed by atoms with Gasteiger partial charge in [0, 0.05) is 17.1 Å². The molecule has 110 valence electrons. The molecule has 0 radical (unpaired) electrons. The second-order valence-corrected chi connectivity index (χ2v) is 5.22. The fourth-order valence-electron chi connectivity index (χ4n) is 1.53. The van der Waals surface area contributed by atoms with Crippen molar-refractivity contribution in [1.29, 1.82) is 0 Å². The molecule has 1 aromatic carbocycles. The molecule has 3 N–H and O–H groups in total. The van der Waals surface area contributed by atoms with Crippen LogP contribution in [0.3, 0.4) is 0 Å². The summed E-state index contributed by atoms with van der Waals surface area (Å²) in [6.07, 6.45) is 2.84. The molecule has 0 aliphatic heterocycles. The Morgan fingerprint density at radius 3 is 2.75 bits per heavy atom. The van der Waals surface area contributed by atoms with E-state index in [1.807, 2.05) is 31.4 Å². The lowest BCUT2D eigenvalue weighted by Crippen LogP contribution is -2.46. The Labute approximate surface area is 123 Å². The Bertz CT molecular complexity index is 465. The highest BCUT2D eigenvalue weighted by atomic mass is 32.2. The minimum Gasteiger partial charge on any atom is -0.354 e. The Kier molecular flexibility index (Phi) is 6.93. The van der Waals surface area contributed by atoms with Gasteiger partial charge in [-0.1, -0.05) is 13.0 Å². The Morgan fingerprint density at radius 1 is 1.35 bits per heavy atom. The summed E-state index contributed by atoms with van der Waals surface area (Å²) in [7, 11) is 0. The zero-order valence-electron chi connectivity index (χ0n) is 12.0. The molecule has 0 aliphatic rings. The molecule has 3 amide bonds. The minimum atomic E-state index is -0.565. The second-order valence-electron chi connectivity index (χ2n) is 4.34. The minimum absolute atomic E-state index is 0.181. The number of thioether (sulfide) groups is 1.